The van der Waals surface area contributed by atoms with E-state index in [0.29, 0.717) is 23.9 Å². The van der Waals surface area contributed by atoms with Gasteiger partial charge in [0.25, 0.3) is 5.69 Å². The van der Waals surface area contributed by atoms with Crippen LogP contribution in [0.25, 0.3) is 0 Å². The van der Waals surface area contributed by atoms with E-state index in [-0.39, 0.29) is 5.69 Å². The van der Waals surface area contributed by atoms with Gasteiger partial charge in [-0.1, -0.05) is 12.1 Å². The lowest BCUT2D eigenvalue weighted by Crippen LogP contribution is -2.14. The number of hydrogen-bond acceptors (Lipinski definition) is 5. The van der Waals surface area contributed by atoms with Gasteiger partial charge >= 0.3 is 0 Å². The molecule has 7 heteroatoms. The first-order chi connectivity index (χ1) is 10.0. The van der Waals surface area contributed by atoms with Gasteiger partial charge in [0, 0.05) is 13.6 Å². The smallest absolute Gasteiger partial charge is 0.276 e. The molecule has 0 atom stereocenters. The highest BCUT2D eigenvalue weighted by Gasteiger charge is 2.16. The van der Waals surface area contributed by atoms with Crippen LogP contribution in [0.15, 0.2) is 36.4 Å². The lowest BCUT2D eigenvalue weighted by Gasteiger charge is -2.19. The summed E-state index contributed by atoms with van der Waals surface area (Å²) in [7, 11) is 1.61. The Bertz CT molecular complexity index is 663. The second-order valence-electron chi connectivity index (χ2n) is 4.37. The molecule has 0 unspecified atom stereocenters. The van der Waals surface area contributed by atoms with Crippen LogP contribution >= 0.6 is 0 Å². The van der Waals surface area contributed by atoms with Crippen LogP contribution in [0.5, 0.6) is 0 Å². The molecule has 6 nitrogen and oxygen atoms in total. The Hall–Kier alpha value is -2.70. The van der Waals surface area contributed by atoms with E-state index in [1.807, 2.05) is 6.92 Å². The number of nitrogens with one attached hydrogen (secondary N) is 1. The van der Waals surface area contributed by atoms with E-state index in [1.165, 1.54) is 23.1 Å². The number of hydrogen-bond donors (Lipinski definition) is 1. The minimum absolute atomic E-state index is 0.0980. The third-order valence-corrected chi connectivity index (χ3v) is 2.92. The first kappa shape index (κ1) is 14.7. The van der Waals surface area contributed by atoms with Crippen LogP contribution < -0.4 is 10.2 Å². The van der Waals surface area contributed by atoms with Crippen molar-refractivity contribution in [2.75, 3.05) is 23.8 Å². The van der Waals surface area contributed by atoms with Gasteiger partial charge < -0.3 is 10.2 Å². The van der Waals surface area contributed by atoms with Crippen LogP contribution in [0, 0.1) is 15.9 Å². The lowest BCUT2D eigenvalue weighted by atomic mass is 10.2. The Labute approximate surface area is 121 Å². The molecule has 1 heterocycles. The van der Waals surface area contributed by atoms with Gasteiger partial charge in [0.05, 0.1) is 22.7 Å². The molecule has 2 aromatic rings. The van der Waals surface area contributed by atoms with Crippen molar-refractivity contribution in [1.29, 1.82) is 0 Å². The van der Waals surface area contributed by atoms with Crippen LogP contribution in [-0.4, -0.2) is 23.5 Å². The summed E-state index contributed by atoms with van der Waals surface area (Å²) in [4.78, 5) is 16.2. The summed E-state index contributed by atoms with van der Waals surface area (Å²) >= 11 is 0. The van der Waals surface area contributed by atoms with E-state index in [0.717, 1.165) is 0 Å². The highest BCUT2D eigenvalue weighted by Crippen LogP contribution is 2.29. The van der Waals surface area contributed by atoms with Crippen molar-refractivity contribution >= 4 is 23.0 Å². The first-order valence-corrected chi connectivity index (χ1v) is 6.41. The maximum Gasteiger partial charge on any atom is 0.276 e. The standard InChI is InChI=1S/C14H15FN4O2/c1-3-16-13-8-10(19(20)21)9-14(17-13)18(2)12-7-5-4-6-11(12)15/h4-9H,3H2,1-2H3,(H,16,17). The average Bonchev–Trinajstić information content (AvgIpc) is 2.47. The predicted molar refractivity (Wildman–Crippen MR) is 79.5 cm³/mol. The molecule has 0 bridgehead atoms. The van der Waals surface area contributed by atoms with Gasteiger partial charge in [-0.3, -0.25) is 10.1 Å². The molecule has 21 heavy (non-hydrogen) atoms. The second kappa shape index (κ2) is 6.17. The van der Waals surface area contributed by atoms with Crippen molar-refractivity contribution in [2.24, 2.45) is 0 Å². The van der Waals surface area contributed by atoms with Gasteiger partial charge in [-0.15, -0.1) is 0 Å². The van der Waals surface area contributed by atoms with Gasteiger partial charge in [0.1, 0.15) is 17.5 Å². The van der Waals surface area contributed by atoms with Crippen molar-refractivity contribution in [3.05, 3.63) is 52.3 Å². The second-order valence-corrected chi connectivity index (χ2v) is 4.37. The fraction of sp³-hybridized carbons (Fsp3) is 0.214. The zero-order valence-electron chi connectivity index (χ0n) is 11.7. The topological polar surface area (TPSA) is 71.3 Å². The number of aromatic nitrogens is 1. The predicted octanol–water partition coefficient (Wildman–Crippen LogP) is 3.33. The lowest BCUT2D eigenvalue weighted by molar-refractivity contribution is -0.384. The van der Waals surface area contributed by atoms with E-state index in [9.17, 15) is 14.5 Å². The van der Waals surface area contributed by atoms with Gasteiger partial charge in [-0.05, 0) is 19.1 Å². The quantitative estimate of drug-likeness (QED) is 0.675. The SMILES string of the molecule is CCNc1cc([N+](=O)[O-])cc(N(C)c2ccccc2F)n1. The molecular weight excluding hydrogens is 275 g/mol. The summed E-state index contributed by atoms with van der Waals surface area (Å²) < 4.78 is 13.8. The number of halogens is 1. The molecule has 0 aliphatic carbocycles. The molecular formula is C14H15FN4O2. The molecule has 0 saturated carbocycles. The average molecular weight is 290 g/mol. The summed E-state index contributed by atoms with van der Waals surface area (Å²) in [6.45, 7) is 2.44. The number of pyridine rings is 1. The minimum Gasteiger partial charge on any atom is -0.370 e. The fourth-order valence-corrected chi connectivity index (χ4v) is 1.90. The van der Waals surface area contributed by atoms with E-state index in [4.69, 9.17) is 0 Å². The van der Waals surface area contributed by atoms with Crippen LogP contribution in [0.2, 0.25) is 0 Å². The highest BCUT2D eigenvalue weighted by atomic mass is 19.1. The summed E-state index contributed by atoms with van der Waals surface area (Å²) in [5.41, 5.74) is 0.201. The largest absolute Gasteiger partial charge is 0.370 e. The molecule has 1 aromatic heterocycles. The van der Waals surface area contributed by atoms with E-state index >= 15 is 0 Å². The van der Waals surface area contributed by atoms with E-state index < -0.39 is 10.7 Å². The maximum atomic E-state index is 13.8. The molecule has 1 N–H and O–H groups in total. The third kappa shape index (κ3) is 3.25. The minimum atomic E-state index is -0.499. The van der Waals surface area contributed by atoms with Crippen LogP contribution in [0.1, 0.15) is 6.92 Å². The number of anilines is 3. The van der Waals surface area contributed by atoms with Gasteiger partial charge in [0.15, 0.2) is 0 Å². The van der Waals surface area contributed by atoms with Gasteiger partial charge in [-0.25, -0.2) is 9.37 Å². The Morgan fingerprint density at radius 1 is 1.38 bits per heavy atom. The zero-order chi connectivity index (χ0) is 15.4. The van der Waals surface area contributed by atoms with Crippen LogP contribution in [0.4, 0.5) is 27.4 Å². The van der Waals surface area contributed by atoms with E-state index in [2.05, 4.69) is 10.3 Å². The normalized spacial score (nSPS) is 10.2. The van der Waals surface area contributed by atoms with Crippen molar-refractivity contribution < 1.29 is 9.31 Å². The summed E-state index contributed by atoms with van der Waals surface area (Å²) in [6, 6.07) is 8.85. The molecule has 0 aliphatic rings. The van der Waals surface area contributed by atoms with E-state index in [1.54, 1.807) is 25.2 Å². The van der Waals surface area contributed by atoms with Crippen molar-refractivity contribution in [2.45, 2.75) is 6.92 Å². The van der Waals surface area contributed by atoms with Crippen molar-refractivity contribution in [3.63, 3.8) is 0 Å². The first-order valence-electron chi connectivity index (χ1n) is 6.41. The maximum absolute atomic E-state index is 13.8. The number of benzene rings is 1. The summed E-state index contributed by atoms with van der Waals surface area (Å²) in [5.74, 6) is 0.258. The van der Waals surface area contributed by atoms with Crippen molar-refractivity contribution in [1.82, 2.24) is 4.98 Å². The molecule has 0 amide bonds. The number of nitrogens with zero attached hydrogens (tertiary/aromatic N) is 3. The molecule has 1 aromatic carbocycles. The van der Waals surface area contributed by atoms with Crippen LogP contribution in [-0.2, 0) is 0 Å². The van der Waals surface area contributed by atoms with Gasteiger partial charge in [0.2, 0.25) is 0 Å². The molecule has 110 valence electrons. The zero-order valence-corrected chi connectivity index (χ0v) is 11.7. The highest BCUT2D eigenvalue weighted by molar-refractivity contribution is 5.64. The third-order valence-electron chi connectivity index (χ3n) is 2.92. The number of nitro groups is 1. The van der Waals surface area contributed by atoms with Gasteiger partial charge in [-0.2, -0.15) is 0 Å². The summed E-state index contributed by atoms with van der Waals surface area (Å²) in [5, 5.41) is 13.9. The molecule has 2 rings (SSSR count). The molecule has 0 saturated heterocycles. The molecule has 0 fully saturated rings. The molecule has 0 aliphatic heterocycles. The molecule has 0 spiro atoms. The Balaban J connectivity index is 2.47. The number of para-hydroxylation sites is 1. The monoisotopic (exact) mass is 290 g/mol. The van der Waals surface area contributed by atoms with Crippen LogP contribution in [0.3, 0.4) is 0 Å². The Kier molecular flexibility index (Phi) is 4.32. The Morgan fingerprint density at radius 3 is 2.71 bits per heavy atom. The van der Waals surface area contributed by atoms with Crippen molar-refractivity contribution in [3.8, 4) is 0 Å². The number of rotatable bonds is 5. The Morgan fingerprint density at radius 2 is 2.10 bits per heavy atom. The fourth-order valence-electron chi connectivity index (χ4n) is 1.90. The molecule has 0 radical (unpaired) electrons. The summed E-state index contributed by atoms with van der Waals surface area (Å²) in [6.07, 6.45) is 0.